The fourth-order valence-electron chi connectivity index (χ4n) is 3.39. The van der Waals surface area contributed by atoms with E-state index in [1.807, 2.05) is 31.1 Å². The molecule has 1 aromatic carbocycles. The maximum Gasteiger partial charge on any atom is 0.251 e. The lowest BCUT2D eigenvalue weighted by atomic mass is 9.86. The van der Waals surface area contributed by atoms with Crippen LogP contribution < -0.4 is 10.7 Å². The summed E-state index contributed by atoms with van der Waals surface area (Å²) in [7, 11) is 3.96. The molecule has 0 bridgehead atoms. The Morgan fingerprint density at radius 2 is 2.16 bits per heavy atom. The smallest absolute Gasteiger partial charge is 0.251 e. The van der Waals surface area contributed by atoms with Crippen molar-refractivity contribution in [3.8, 4) is 0 Å². The second-order valence-corrected chi connectivity index (χ2v) is 8.26. The number of likely N-dealkylation sites (N-methyl/N-ethyl adjacent to an activating group) is 1. The van der Waals surface area contributed by atoms with Gasteiger partial charge in [-0.15, -0.1) is 11.3 Å². The van der Waals surface area contributed by atoms with E-state index in [0.29, 0.717) is 18.0 Å². The van der Waals surface area contributed by atoms with Gasteiger partial charge in [-0.25, -0.2) is 0 Å². The first kappa shape index (κ1) is 18.1. The summed E-state index contributed by atoms with van der Waals surface area (Å²) in [4.78, 5) is 28.4. The fraction of sp³-hybridized carbons (Fsp3) is 0.500. The number of fused-ring (bicyclic) bond motifs is 2. The molecule has 0 aliphatic heterocycles. The van der Waals surface area contributed by atoms with Crippen LogP contribution in [0, 0.1) is 5.92 Å². The highest BCUT2D eigenvalue weighted by Crippen LogP contribution is 2.32. The SMILES string of the molecule is CCC1CCc2c(sc3cc(C(=O)NCCN(C)C)ccc3c2=O)C1. The van der Waals surface area contributed by atoms with E-state index >= 15 is 0 Å². The van der Waals surface area contributed by atoms with Gasteiger partial charge in [-0.1, -0.05) is 13.3 Å². The highest BCUT2D eigenvalue weighted by atomic mass is 32.1. The zero-order chi connectivity index (χ0) is 18.0. The van der Waals surface area contributed by atoms with Crippen LogP contribution in [0.4, 0.5) is 0 Å². The minimum absolute atomic E-state index is 0.0763. The molecule has 1 aromatic heterocycles. The van der Waals surface area contributed by atoms with Gasteiger partial charge in [0.1, 0.15) is 0 Å². The number of nitrogens with zero attached hydrogens (tertiary/aromatic N) is 1. The zero-order valence-corrected chi connectivity index (χ0v) is 16.0. The van der Waals surface area contributed by atoms with Crippen molar-refractivity contribution in [2.45, 2.75) is 32.6 Å². The number of nitrogens with one attached hydrogen (secondary N) is 1. The second-order valence-electron chi connectivity index (χ2n) is 7.12. The van der Waals surface area contributed by atoms with Gasteiger partial charge in [-0.05, 0) is 57.5 Å². The summed E-state index contributed by atoms with van der Waals surface area (Å²) in [6.07, 6.45) is 4.17. The van der Waals surface area contributed by atoms with Gasteiger partial charge < -0.3 is 10.2 Å². The summed E-state index contributed by atoms with van der Waals surface area (Å²) in [6, 6.07) is 5.47. The van der Waals surface area contributed by atoms with E-state index in [-0.39, 0.29) is 11.3 Å². The first-order chi connectivity index (χ1) is 12.0. The van der Waals surface area contributed by atoms with Gasteiger partial charge in [0, 0.05) is 39.2 Å². The molecule has 2 aromatic rings. The van der Waals surface area contributed by atoms with Crippen molar-refractivity contribution in [2.24, 2.45) is 5.92 Å². The molecule has 0 saturated carbocycles. The fourth-order valence-corrected chi connectivity index (χ4v) is 4.75. The number of carbonyl (C=O) groups excluding carboxylic acids is 1. The Bertz CT molecular complexity index is 841. The lowest BCUT2D eigenvalue weighted by Gasteiger charge is -2.22. The Hall–Kier alpha value is -1.72. The van der Waals surface area contributed by atoms with Crippen LogP contribution in [0.5, 0.6) is 0 Å². The zero-order valence-electron chi connectivity index (χ0n) is 15.2. The number of amides is 1. The molecule has 1 amide bonds. The Morgan fingerprint density at radius 3 is 2.88 bits per heavy atom. The number of hydrogen-bond donors (Lipinski definition) is 1. The first-order valence-corrected chi connectivity index (χ1v) is 9.82. The molecular weight excluding hydrogens is 332 g/mol. The van der Waals surface area contributed by atoms with Crippen molar-refractivity contribution < 1.29 is 4.79 Å². The minimum Gasteiger partial charge on any atom is -0.351 e. The standard InChI is InChI=1S/C20H26N2O2S/c1-4-13-5-7-15-17(11-13)25-18-12-14(6-8-16(18)19(15)23)20(24)21-9-10-22(2)3/h6,8,12-13H,4-5,7,9-11H2,1-3H3,(H,21,24). The van der Waals surface area contributed by atoms with Gasteiger partial charge in [0.25, 0.3) is 5.91 Å². The lowest BCUT2D eigenvalue weighted by molar-refractivity contribution is 0.0951. The molecule has 0 spiro atoms. The summed E-state index contributed by atoms with van der Waals surface area (Å²) in [6.45, 7) is 3.64. The van der Waals surface area contributed by atoms with Gasteiger partial charge in [0.05, 0.1) is 0 Å². The van der Waals surface area contributed by atoms with Crippen LogP contribution in [0.25, 0.3) is 10.1 Å². The normalized spacial score (nSPS) is 16.9. The third-order valence-electron chi connectivity index (χ3n) is 5.03. The summed E-state index contributed by atoms with van der Waals surface area (Å²) < 4.78 is 0.931. The topological polar surface area (TPSA) is 49.4 Å². The molecule has 1 unspecified atom stereocenters. The molecule has 1 N–H and O–H groups in total. The molecule has 1 aliphatic rings. The molecule has 134 valence electrons. The molecule has 1 atom stereocenters. The predicted octanol–water partition coefficient (Wildman–Crippen LogP) is 3.07. The summed E-state index contributed by atoms with van der Waals surface area (Å²) in [5.74, 6) is 0.602. The molecule has 1 aliphatic carbocycles. The van der Waals surface area contributed by atoms with Crippen LogP contribution in [-0.4, -0.2) is 38.0 Å². The van der Waals surface area contributed by atoms with Crippen molar-refractivity contribution in [1.82, 2.24) is 10.2 Å². The first-order valence-electron chi connectivity index (χ1n) is 9.01. The molecule has 1 heterocycles. The Balaban J connectivity index is 1.90. The van der Waals surface area contributed by atoms with Crippen molar-refractivity contribution in [1.29, 1.82) is 0 Å². The van der Waals surface area contributed by atoms with E-state index in [1.54, 1.807) is 17.4 Å². The summed E-state index contributed by atoms with van der Waals surface area (Å²) >= 11 is 1.69. The van der Waals surface area contributed by atoms with Crippen LogP contribution in [0.2, 0.25) is 0 Å². The van der Waals surface area contributed by atoms with E-state index in [0.717, 1.165) is 47.9 Å². The largest absolute Gasteiger partial charge is 0.351 e. The molecule has 0 radical (unpaired) electrons. The van der Waals surface area contributed by atoms with Crippen LogP contribution in [0.1, 0.15) is 40.6 Å². The minimum atomic E-state index is -0.0763. The van der Waals surface area contributed by atoms with Gasteiger partial charge in [0.2, 0.25) is 0 Å². The highest BCUT2D eigenvalue weighted by Gasteiger charge is 2.22. The maximum atomic E-state index is 12.8. The molecule has 4 nitrogen and oxygen atoms in total. The third kappa shape index (κ3) is 3.93. The monoisotopic (exact) mass is 358 g/mol. The Labute approximate surface area is 152 Å². The number of rotatable bonds is 5. The summed E-state index contributed by atoms with van der Waals surface area (Å²) in [5, 5.41) is 3.69. The molecule has 0 saturated heterocycles. The highest BCUT2D eigenvalue weighted by molar-refractivity contribution is 7.18. The van der Waals surface area contributed by atoms with Crippen LogP contribution in [-0.2, 0) is 12.8 Å². The average Bonchev–Trinajstić information content (AvgIpc) is 2.60. The molecule has 3 rings (SSSR count). The van der Waals surface area contributed by atoms with Crippen LogP contribution >= 0.6 is 11.3 Å². The van der Waals surface area contributed by atoms with Gasteiger partial charge in [0.15, 0.2) is 5.43 Å². The van der Waals surface area contributed by atoms with Crippen molar-refractivity contribution in [3.63, 3.8) is 0 Å². The average molecular weight is 359 g/mol. The van der Waals surface area contributed by atoms with E-state index in [1.165, 1.54) is 4.88 Å². The Kier molecular flexibility index (Phi) is 5.54. The number of carbonyl (C=O) groups is 1. The Morgan fingerprint density at radius 1 is 1.36 bits per heavy atom. The maximum absolute atomic E-state index is 12.8. The van der Waals surface area contributed by atoms with Crippen LogP contribution in [0.15, 0.2) is 23.0 Å². The van der Waals surface area contributed by atoms with E-state index in [9.17, 15) is 9.59 Å². The second kappa shape index (κ2) is 7.67. The third-order valence-corrected chi connectivity index (χ3v) is 6.25. The summed E-state index contributed by atoms with van der Waals surface area (Å²) in [5.41, 5.74) is 1.80. The quantitative estimate of drug-likeness (QED) is 0.894. The number of benzene rings is 1. The van der Waals surface area contributed by atoms with E-state index in [4.69, 9.17) is 0 Å². The lowest BCUT2D eigenvalue weighted by Crippen LogP contribution is -2.31. The number of hydrogen-bond acceptors (Lipinski definition) is 4. The predicted molar refractivity (Wildman–Crippen MR) is 105 cm³/mol. The molecule has 0 fully saturated rings. The van der Waals surface area contributed by atoms with Gasteiger partial charge in [-0.3, -0.25) is 9.59 Å². The molecule has 5 heteroatoms. The van der Waals surface area contributed by atoms with Crippen molar-refractivity contribution >= 4 is 27.3 Å². The molecule has 25 heavy (non-hydrogen) atoms. The molecular formula is C20H26N2O2S. The van der Waals surface area contributed by atoms with Gasteiger partial charge >= 0.3 is 0 Å². The van der Waals surface area contributed by atoms with E-state index < -0.39 is 0 Å². The van der Waals surface area contributed by atoms with Crippen LogP contribution in [0.3, 0.4) is 0 Å². The van der Waals surface area contributed by atoms with Crippen molar-refractivity contribution in [3.05, 3.63) is 44.4 Å². The van der Waals surface area contributed by atoms with Crippen molar-refractivity contribution in [2.75, 3.05) is 27.2 Å². The van der Waals surface area contributed by atoms with E-state index in [2.05, 4.69) is 12.2 Å². The van der Waals surface area contributed by atoms with Gasteiger partial charge in [-0.2, -0.15) is 0 Å².